The highest BCUT2D eigenvalue weighted by Crippen LogP contribution is 2.17. The summed E-state index contributed by atoms with van der Waals surface area (Å²) in [7, 11) is 0. The van der Waals surface area contributed by atoms with Gasteiger partial charge in [-0.3, -0.25) is 4.90 Å². The molecule has 1 aromatic rings. The molecule has 1 N–H and O–H groups in total. The molecule has 108 valence electrons. The average Bonchev–Trinajstić information content (AvgIpc) is 2.49. The topological polar surface area (TPSA) is 39.1 Å². The van der Waals surface area contributed by atoms with Gasteiger partial charge in [-0.05, 0) is 56.6 Å². The van der Waals surface area contributed by atoms with Gasteiger partial charge in [0.2, 0.25) is 0 Å². The monoisotopic (exact) mass is 275 g/mol. The van der Waals surface area contributed by atoms with E-state index in [2.05, 4.69) is 23.2 Å². The molecule has 1 fully saturated rings. The fourth-order valence-electron chi connectivity index (χ4n) is 2.74. The van der Waals surface area contributed by atoms with Crippen molar-refractivity contribution in [3.63, 3.8) is 0 Å². The molecule has 1 aromatic carbocycles. The van der Waals surface area contributed by atoms with Crippen molar-refractivity contribution in [3.05, 3.63) is 35.1 Å². The summed E-state index contributed by atoms with van der Waals surface area (Å²) < 4.78 is 13.8. The first-order valence-electron chi connectivity index (χ1n) is 7.34. The number of nitrogens with zero attached hydrogens (tertiary/aromatic N) is 2. The maximum absolute atomic E-state index is 13.8. The molecule has 1 saturated heterocycles. The summed E-state index contributed by atoms with van der Waals surface area (Å²) in [5, 5.41) is 12.3. The Labute approximate surface area is 120 Å². The van der Waals surface area contributed by atoms with Crippen LogP contribution in [-0.2, 0) is 6.54 Å². The van der Waals surface area contributed by atoms with E-state index in [0.29, 0.717) is 23.6 Å². The van der Waals surface area contributed by atoms with E-state index in [1.807, 2.05) is 0 Å². The lowest BCUT2D eigenvalue weighted by Gasteiger charge is -2.29. The Hall–Kier alpha value is -1.44. The molecule has 0 bridgehead atoms. The minimum Gasteiger partial charge on any atom is -0.317 e. The zero-order valence-electron chi connectivity index (χ0n) is 12.0. The van der Waals surface area contributed by atoms with E-state index >= 15 is 0 Å². The maximum Gasteiger partial charge on any atom is 0.127 e. The van der Waals surface area contributed by atoms with Gasteiger partial charge in [-0.15, -0.1) is 0 Å². The molecule has 0 amide bonds. The second-order valence-corrected chi connectivity index (χ2v) is 5.44. The third-order valence-electron chi connectivity index (χ3n) is 3.99. The summed E-state index contributed by atoms with van der Waals surface area (Å²) in [6.45, 7) is 6.77. The van der Waals surface area contributed by atoms with Crippen molar-refractivity contribution >= 4 is 0 Å². The fraction of sp³-hybridized carbons (Fsp3) is 0.562. The van der Waals surface area contributed by atoms with E-state index in [1.165, 1.54) is 25.0 Å². The van der Waals surface area contributed by atoms with Gasteiger partial charge in [0.05, 0.1) is 11.6 Å². The van der Waals surface area contributed by atoms with E-state index in [0.717, 1.165) is 26.2 Å². The summed E-state index contributed by atoms with van der Waals surface area (Å²) in [6, 6.07) is 6.67. The van der Waals surface area contributed by atoms with Crippen molar-refractivity contribution in [2.75, 3.05) is 26.2 Å². The van der Waals surface area contributed by atoms with Crippen LogP contribution in [0, 0.1) is 23.1 Å². The summed E-state index contributed by atoms with van der Waals surface area (Å²) in [5.41, 5.74) is 1.15. The van der Waals surface area contributed by atoms with Crippen LogP contribution in [-0.4, -0.2) is 31.1 Å². The standard InChI is InChI=1S/C16H22FN3/c1-2-20(11-13-5-7-19-8-6-13)12-15-9-14(10-18)3-4-16(15)17/h3-4,9,13,19H,2,5-8,11-12H2,1H3. The smallest absolute Gasteiger partial charge is 0.127 e. The SMILES string of the molecule is CCN(Cc1cc(C#N)ccc1F)CC1CCNCC1. The third-order valence-corrected chi connectivity index (χ3v) is 3.99. The number of rotatable bonds is 5. The van der Waals surface area contributed by atoms with Gasteiger partial charge in [-0.1, -0.05) is 6.92 Å². The molecule has 0 spiro atoms. The molecule has 1 aliphatic heterocycles. The van der Waals surface area contributed by atoms with E-state index in [4.69, 9.17) is 5.26 Å². The molecule has 20 heavy (non-hydrogen) atoms. The summed E-state index contributed by atoms with van der Waals surface area (Å²) in [6.07, 6.45) is 2.38. The van der Waals surface area contributed by atoms with Crippen molar-refractivity contribution in [1.29, 1.82) is 5.26 Å². The van der Waals surface area contributed by atoms with Crippen molar-refractivity contribution in [2.24, 2.45) is 5.92 Å². The van der Waals surface area contributed by atoms with Crippen molar-refractivity contribution in [2.45, 2.75) is 26.3 Å². The van der Waals surface area contributed by atoms with Gasteiger partial charge in [-0.2, -0.15) is 5.26 Å². The second kappa shape index (κ2) is 7.37. The highest BCUT2D eigenvalue weighted by molar-refractivity contribution is 5.33. The quantitative estimate of drug-likeness (QED) is 0.897. The predicted molar refractivity (Wildman–Crippen MR) is 77.7 cm³/mol. The zero-order valence-corrected chi connectivity index (χ0v) is 12.0. The molecule has 0 atom stereocenters. The highest BCUT2D eigenvalue weighted by atomic mass is 19.1. The van der Waals surface area contributed by atoms with Crippen LogP contribution in [0.5, 0.6) is 0 Å². The molecule has 4 heteroatoms. The first kappa shape index (κ1) is 15.0. The number of nitriles is 1. The molecule has 3 nitrogen and oxygen atoms in total. The molecule has 2 rings (SSSR count). The zero-order chi connectivity index (χ0) is 14.4. The van der Waals surface area contributed by atoms with Gasteiger partial charge >= 0.3 is 0 Å². The molecule has 0 unspecified atom stereocenters. The fourth-order valence-corrected chi connectivity index (χ4v) is 2.74. The minimum atomic E-state index is -0.215. The van der Waals surface area contributed by atoms with E-state index in [1.54, 1.807) is 6.07 Å². The lowest BCUT2D eigenvalue weighted by atomic mass is 9.97. The minimum absolute atomic E-state index is 0.215. The Morgan fingerprint density at radius 1 is 1.40 bits per heavy atom. The number of halogens is 1. The van der Waals surface area contributed by atoms with Crippen molar-refractivity contribution in [1.82, 2.24) is 10.2 Å². The molecule has 1 heterocycles. The van der Waals surface area contributed by atoms with Crippen molar-refractivity contribution < 1.29 is 4.39 Å². The summed E-state index contributed by atoms with van der Waals surface area (Å²) in [5.74, 6) is 0.478. The molecular formula is C16H22FN3. The molecular weight excluding hydrogens is 253 g/mol. The van der Waals surface area contributed by atoms with E-state index in [-0.39, 0.29) is 5.82 Å². The Kier molecular flexibility index (Phi) is 5.51. The lowest BCUT2D eigenvalue weighted by Crippen LogP contribution is -2.36. The van der Waals surface area contributed by atoms with Gasteiger partial charge < -0.3 is 5.32 Å². The summed E-state index contributed by atoms with van der Waals surface area (Å²) in [4.78, 5) is 2.27. The molecule has 0 saturated carbocycles. The number of nitrogens with one attached hydrogen (secondary N) is 1. The second-order valence-electron chi connectivity index (χ2n) is 5.44. The largest absolute Gasteiger partial charge is 0.317 e. The highest BCUT2D eigenvalue weighted by Gasteiger charge is 2.17. The van der Waals surface area contributed by atoms with Gasteiger partial charge in [0, 0.05) is 18.7 Å². The molecule has 0 radical (unpaired) electrons. The Morgan fingerprint density at radius 3 is 2.80 bits per heavy atom. The van der Waals surface area contributed by atoms with Crippen LogP contribution >= 0.6 is 0 Å². The van der Waals surface area contributed by atoms with Crippen LogP contribution in [0.4, 0.5) is 4.39 Å². The van der Waals surface area contributed by atoms with Gasteiger partial charge in [0.15, 0.2) is 0 Å². The van der Waals surface area contributed by atoms with Gasteiger partial charge in [0.25, 0.3) is 0 Å². The third kappa shape index (κ3) is 4.03. The number of hydrogen-bond donors (Lipinski definition) is 1. The van der Waals surface area contributed by atoms with Crippen LogP contribution in [0.3, 0.4) is 0 Å². The summed E-state index contributed by atoms with van der Waals surface area (Å²) >= 11 is 0. The van der Waals surface area contributed by atoms with Crippen LogP contribution in [0.2, 0.25) is 0 Å². The van der Waals surface area contributed by atoms with Crippen LogP contribution in [0.25, 0.3) is 0 Å². The van der Waals surface area contributed by atoms with Gasteiger partial charge in [-0.25, -0.2) is 4.39 Å². The van der Waals surface area contributed by atoms with Crippen LogP contribution in [0.15, 0.2) is 18.2 Å². The van der Waals surface area contributed by atoms with E-state index < -0.39 is 0 Å². The first-order valence-corrected chi connectivity index (χ1v) is 7.34. The molecule has 1 aliphatic rings. The maximum atomic E-state index is 13.8. The number of piperidine rings is 1. The Morgan fingerprint density at radius 2 is 2.15 bits per heavy atom. The van der Waals surface area contributed by atoms with Crippen LogP contribution in [0.1, 0.15) is 30.9 Å². The Balaban J connectivity index is 2.00. The Bertz CT molecular complexity index is 475. The normalized spacial score (nSPS) is 16.3. The predicted octanol–water partition coefficient (Wildman–Crippen LogP) is 2.52. The molecule has 0 aliphatic carbocycles. The average molecular weight is 275 g/mol. The lowest BCUT2D eigenvalue weighted by molar-refractivity contribution is 0.205. The van der Waals surface area contributed by atoms with Crippen molar-refractivity contribution in [3.8, 4) is 6.07 Å². The van der Waals surface area contributed by atoms with Gasteiger partial charge in [0.1, 0.15) is 5.82 Å². The van der Waals surface area contributed by atoms with Crippen LogP contribution < -0.4 is 5.32 Å². The molecule has 0 aromatic heterocycles. The van der Waals surface area contributed by atoms with E-state index in [9.17, 15) is 4.39 Å². The number of benzene rings is 1. The first-order chi connectivity index (χ1) is 9.72. The number of hydrogen-bond acceptors (Lipinski definition) is 3.